The first-order valence-electron chi connectivity index (χ1n) is 7.80. The molecule has 2 unspecified atom stereocenters. The summed E-state index contributed by atoms with van der Waals surface area (Å²) in [5.74, 6) is -1.29. The Morgan fingerprint density at radius 2 is 2.12 bits per heavy atom. The van der Waals surface area contributed by atoms with Crippen molar-refractivity contribution in [2.45, 2.75) is 12.1 Å². The van der Waals surface area contributed by atoms with E-state index >= 15 is 0 Å². The van der Waals surface area contributed by atoms with Crippen LogP contribution >= 0.6 is 23.4 Å². The molecule has 1 aromatic carbocycles. The molecule has 1 heterocycles. The number of carbonyl (C=O) groups excluding carboxylic acids is 2. The molecule has 0 saturated carbocycles. The van der Waals surface area contributed by atoms with Crippen LogP contribution in [0.1, 0.15) is 10.4 Å². The van der Waals surface area contributed by atoms with Crippen LogP contribution in [-0.2, 0) is 14.3 Å². The van der Waals surface area contributed by atoms with Gasteiger partial charge in [-0.25, -0.2) is 4.79 Å². The first kappa shape index (κ1) is 20.3. The zero-order valence-electron chi connectivity index (χ0n) is 13.9. The number of hydrogen-bond donors (Lipinski definition) is 2. The van der Waals surface area contributed by atoms with E-state index in [1.54, 1.807) is 24.3 Å². The molecule has 1 fully saturated rings. The first-order chi connectivity index (χ1) is 12.4. The second kappa shape index (κ2) is 9.61. The molecule has 1 aromatic rings. The highest BCUT2D eigenvalue weighted by Crippen LogP contribution is 2.24. The number of nitrogens with zero attached hydrogens (tertiary/aromatic N) is 1. The van der Waals surface area contributed by atoms with Crippen molar-refractivity contribution in [3.63, 3.8) is 0 Å². The monoisotopic (exact) mass is 398 g/mol. The van der Waals surface area contributed by atoms with Crippen molar-refractivity contribution in [1.82, 2.24) is 10.2 Å². The molecule has 7 nitrogen and oxygen atoms in total. The van der Waals surface area contributed by atoms with Crippen molar-refractivity contribution >= 4 is 41.1 Å². The fourth-order valence-corrected chi connectivity index (χ4v) is 3.61. The van der Waals surface area contributed by atoms with Gasteiger partial charge in [0.1, 0.15) is 6.04 Å². The zero-order chi connectivity index (χ0) is 19.1. The number of aliphatic carboxylic acids is 1. The molecule has 0 radical (unpaired) electrons. The van der Waals surface area contributed by atoms with Crippen LogP contribution in [0.5, 0.6) is 0 Å². The summed E-state index contributed by atoms with van der Waals surface area (Å²) in [7, 11) is 0. The van der Waals surface area contributed by atoms with Gasteiger partial charge in [-0.2, -0.15) is 0 Å². The van der Waals surface area contributed by atoms with E-state index in [1.807, 2.05) is 0 Å². The number of amides is 2. The van der Waals surface area contributed by atoms with E-state index in [4.69, 9.17) is 16.3 Å². The van der Waals surface area contributed by atoms with Crippen molar-refractivity contribution in [1.29, 1.82) is 0 Å². The van der Waals surface area contributed by atoms with Crippen LogP contribution in [0.2, 0.25) is 5.02 Å². The van der Waals surface area contributed by atoms with E-state index in [0.717, 1.165) is 0 Å². The largest absolute Gasteiger partial charge is 0.480 e. The molecule has 2 atom stereocenters. The number of carbonyl (C=O) groups is 3. The van der Waals surface area contributed by atoms with Gasteiger partial charge in [-0.15, -0.1) is 18.3 Å². The van der Waals surface area contributed by atoms with Gasteiger partial charge >= 0.3 is 5.97 Å². The molecule has 1 aliphatic rings. The van der Waals surface area contributed by atoms with Gasteiger partial charge in [0.15, 0.2) is 6.04 Å². The number of thioether (sulfide) groups is 1. The molecular formula is C17H19ClN2O5S. The molecule has 2 rings (SSSR count). The molecule has 140 valence electrons. The third kappa shape index (κ3) is 5.23. The summed E-state index contributed by atoms with van der Waals surface area (Å²) in [5, 5.41) is 12.2. The molecule has 2 N–H and O–H groups in total. The Balaban J connectivity index is 2.04. The minimum absolute atomic E-state index is 0.181. The number of ether oxygens (including phenoxy) is 1. The van der Waals surface area contributed by atoms with Gasteiger partial charge in [0.05, 0.1) is 19.1 Å². The highest BCUT2D eigenvalue weighted by atomic mass is 35.5. The Morgan fingerprint density at radius 3 is 2.73 bits per heavy atom. The van der Waals surface area contributed by atoms with Crippen LogP contribution in [0, 0.1) is 0 Å². The van der Waals surface area contributed by atoms with E-state index in [1.165, 1.54) is 22.7 Å². The standard InChI is InChI=1S/C17H19ClN2O5S/c1-2-7-25-8-13(17(23)24)19-15(21)14-9-26-10-20(14)16(22)11-3-5-12(18)6-4-11/h2-6,13-14H,1,7-10H2,(H,19,21)(H,23,24). The maximum absolute atomic E-state index is 12.6. The lowest BCUT2D eigenvalue weighted by atomic mass is 10.1. The lowest BCUT2D eigenvalue weighted by Crippen LogP contribution is -2.53. The Labute approximate surface area is 160 Å². The molecular weight excluding hydrogens is 380 g/mol. The van der Waals surface area contributed by atoms with Crippen LogP contribution in [-0.4, -0.2) is 64.7 Å². The van der Waals surface area contributed by atoms with Gasteiger partial charge in [-0.3, -0.25) is 9.59 Å². The molecule has 0 bridgehead atoms. The highest BCUT2D eigenvalue weighted by Gasteiger charge is 2.36. The maximum Gasteiger partial charge on any atom is 0.328 e. The Kier molecular flexibility index (Phi) is 7.50. The van der Waals surface area contributed by atoms with Gasteiger partial charge in [0.25, 0.3) is 5.91 Å². The van der Waals surface area contributed by atoms with Crippen molar-refractivity contribution in [2.24, 2.45) is 0 Å². The average molecular weight is 399 g/mol. The summed E-state index contributed by atoms with van der Waals surface area (Å²) < 4.78 is 5.11. The Hall–Kier alpha value is -2.03. The van der Waals surface area contributed by atoms with Crippen LogP contribution in [0.3, 0.4) is 0 Å². The van der Waals surface area contributed by atoms with Gasteiger partial charge in [-0.05, 0) is 24.3 Å². The molecule has 2 amide bonds. The van der Waals surface area contributed by atoms with Gasteiger partial charge in [-0.1, -0.05) is 17.7 Å². The van der Waals surface area contributed by atoms with Crippen molar-refractivity contribution in [3.8, 4) is 0 Å². The van der Waals surface area contributed by atoms with E-state index in [-0.39, 0.29) is 19.1 Å². The predicted molar refractivity (Wildman–Crippen MR) is 99.3 cm³/mol. The smallest absolute Gasteiger partial charge is 0.328 e. The predicted octanol–water partition coefficient (Wildman–Crippen LogP) is 1.63. The van der Waals surface area contributed by atoms with Crippen LogP contribution in [0.4, 0.5) is 0 Å². The minimum atomic E-state index is -1.20. The van der Waals surface area contributed by atoms with Gasteiger partial charge < -0.3 is 20.1 Å². The topological polar surface area (TPSA) is 95.9 Å². The van der Waals surface area contributed by atoms with E-state index in [9.17, 15) is 19.5 Å². The number of hydrogen-bond acceptors (Lipinski definition) is 5. The third-order valence-electron chi connectivity index (χ3n) is 3.67. The molecule has 1 aliphatic heterocycles. The second-order valence-electron chi connectivity index (χ2n) is 5.52. The SMILES string of the molecule is C=CCOCC(NC(=O)C1CSCN1C(=O)c1ccc(Cl)cc1)C(=O)O. The van der Waals surface area contributed by atoms with E-state index in [2.05, 4.69) is 11.9 Å². The molecule has 1 saturated heterocycles. The van der Waals surface area contributed by atoms with Crippen LogP contribution in [0.15, 0.2) is 36.9 Å². The van der Waals surface area contributed by atoms with Crippen molar-refractivity contribution in [3.05, 3.63) is 47.5 Å². The summed E-state index contributed by atoms with van der Waals surface area (Å²) in [6.07, 6.45) is 1.49. The lowest BCUT2D eigenvalue weighted by molar-refractivity contribution is -0.144. The van der Waals surface area contributed by atoms with Gasteiger partial charge in [0.2, 0.25) is 5.91 Å². The number of rotatable bonds is 8. The number of carboxylic acid groups (broad SMARTS) is 1. The normalized spacial score (nSPS) is 17.6. The zero-order valence-corrected chi connectivity index (χ0v) is 15.5. The number of benzene rings is 1. The second-order valence-corrected chi connectivity index (χ2v) is 6.96. The maximum atomic E-state index is 12.6. The Bertz CT molecular complexity index is 682. The summed E-state index contributed by atoms with van der Waals surface area (Å²) in [6, 6.07) is 4.44. The average Bonchev–Trinajstić information content (AvgIpc) is 3.10. The lowest BCUT2D eigenvalue weighted by Gasteiger charge is -2.24. The van der Waals surface area contributed by atoms with Crippen molar-refractivity contribution in [2.75, 3.05) is 24.8 Å². The summed E-state index contributed by atoms with van der Waals surface area (Å²) in [4.78, 5) is 37.9. The molecule has 0 spiro atoms. The summed E-state index contributed by atoms with van der Waals surface area (Å²) in [6.45, 7) is 3.47. The quantitative estimate of drug-likeness (QED) is 0.510. The molecule has 0 aliphatic carbocycles. The summed E-state index contributed by atoms with van der Waals surface area (Å²) >= 11 is 7.26. The molecule has 26 heavy (non-hydrogen) atoms. The number of halogens is 1. The third-order valence-corrected chi connectivity index (χ3v) is 4.94. The minimum Gasteiger partial charge on any atom is -0.480 e. The van der Waals surface area contributed by atoms with Crippen LogP contribution < -0.4 is 5.32 Å². The fraction of sp³-hybridized carbons (Fsp3) is 0.353. The van der Waals surface area contributed by atoms with E-state index in [0.29, 0.717) is 22.2 Å². The summed E-state index contributed by atoms with van der Waals surface area (Å²) in [5.41, 5.74) is 0.416. The molecule has 0 aromatic heterocycles. The van der Waals surface area contributed by atoms with E-state index < -0.39 is 24.0 Å². The Morgan fingerprint density at radius 1 is 1.42 bits per heavy atom. The number of carboxylic acids is 1. The highest BCUT2D eigenvalue weighted by molar-refractivity contribution is 7.99. The molecule has 9 heteroatoms. The van der Waals surface area contributed by atoms with Crippen molar-refractivity contribution < 1.29 is 24.2 Å². The van der Waals surface area contributed by atoms with Crippen LogP contribution in [0.25, 0.3) is 0 Å². The first-order valence-corrected chi connectivity index (χ1v) is 9.33. The fourth-order valence-electron chi connectivity index (χ4n) is 2.33. The number of nitrogens with one attached hydrogen (secondary N) is 1. The van der Waals surface area contributed by atoms with Gasteiger partial charge in [0, 0.05) is 16.3 Å².